The molecule has 0 aliphatic carbocycles. The first-order valence-electron chi connectivity index (χ1n) is 8.09. The SMILES string of the molecule is CCOc1nc2ccccc2nc1N(C)CC1CCNCC1. The highest BCUT2D eigenvalue weighted by molar-refractivity contribution is 5.77. The van der Waals surface area contributed by atoms with E-state index in [1.807, 2.05) is 31.2 Å². The van der Waals surface area contributed by atoms with E-state index in [2.05, 4.69) is 22.2 Å². The van der Waals surface area contributed by atoms with E-state index in [1.165, 1.54) is 12.8 Å². The first-order valence-corrected chi connectivity index (χ1v) is 8.09. The van der Waals surface area contributed by atoms with Crippen molar-refractivity contribution in [3.8, 4) is 5.88 Å². The molecule has 5 nitrogen and oxygen atoms in total. The Morgan fingerprint density at radius 1 is 1.18 bits per heavy atom. The van der Waals surface area contributed by atoms with E-state index >= 15 is 0 Å². The fraction of sp³-hybridized carbons (Fsp3) is 0.529. The number of hydrogen-bond donors (Lipinski definition) is 1. The maximum absolute atomic E-state index is 5.73. The highest BCUT2D eigenvalue weighted by Crippen LogP contribution is 2.27. The molecule has 1 saturated heterocycles. The number of nitrogens with one attached hydrogen (secondary N) is 1. The number of benzene rings is 1. The van der Waals surface area contributed by atoms with Gasteiger partial charge in [0.2, 0.25) is 0 Å². The minimum absolute atomic E-state index is 0.598. The third-order valence-corrected chi connectivity index (χ3v) is 4.15. The van der Waals surface area contributed by atoms with E-state index in [9.17, 15) is 0 Å². The van der Waals surface area contributed by atoms with Crippen LogP contribution in [0.3, 0.4) is 0 Å². The van der Waals surface area contributed by atoms with Crippen LogP contribution in [0.5, 0.6) is 5.88 Å². The zero-order valence-electron chi connectivity index (χ0n) is 13.4. The van der Waals surface area contributed by atoms with Crippen molar-refractivity contribution >= 4 is 16.9 Å². The number of aromatic nitrogens is 2. The van der Waals surface area contributed by atoms with E-state index in [4.69, 9.17) is 9.72 Å². The van der Waals surface area contributed by atoms with E-state index in [0.717, 1.165) is 36.5 Å². The highest BCUT2D eigenvalue weighted by atomic mass is 16.5. The second-order valence-electron chi connectivity index (χ2n) is 5.85. The molecule has 0 atom stereocenters. The van der Waals surface area contributed by atoms with Gasteiger partial charge in [-0.15, -0.1) is 0 Å². The number of rotatable bonds is 5. The average molecular weight is 300 g/mol. The summed E-state index contributed by atoms with van der Waals surface area (Å²) in [5.41, 5.74) is 1.79. The van der Waals surface area contributed by atoms with Crippen LogP contribution in [0.15, 0.2) is 24.3 Å². The molecule has 5 heteroatoms. The fourth-order valence-electron chi connectivity index (χ4n) is 2.99. The van der Waals surface area contributed by atoms with Crippen LogP contribution < -0.4 is 15.0 Å². The first kappa shape index (κ1) is 15.0. The molecule has 0 amide bonds. The minimum atomic E-state index is 0.598. The number of piperidine rings is 1. The van der Waals surface area contributed by atoms with Gasteiger partial charge >= 0.3 is 0 Å². The number of nitrogens with zero attached hydrogens (tertiary/aromatic N) is 3. The van der Waals surface area contributed by atoms with Crippen molar-refractivity contribution in [3.63, 3.8) is 0 Å². The van der Waals surface area contributed by atoms with Gasteiger partial charge in [0.1, 0.15) is 0 Å². The van der Waals surface area contributed by atoms with Gasteiger partial charge in [-0.05, 0) is 50.9 Å². The summed E-state index contributed by atoms with van der Waals surface area (Å²) in [7, 11) is 2.09. The molecule has 2 heterocycles. The van der Waals surface area contributed by atoms with Crippen molar-refractivity contribution in [3.05, 3.63) is 24.3 Å². The van der Waals surface area contributed by atoms with Gasteiger partial charge in [-0.2, -0.15) is 0 Å². The van der Waals surface area contributed by atoms with Crippen LogP contribution in [0.2, 0.25) is 0 Å². The summed E-state index contributed by atoms with van der Waals surface area (Å²) in [6.07, 6.45) is 2.44. The van der Waals surface area contributed by atoms with Gasteiger partial charge in [-0.3, -0.25) is 0 Å². The van der Waals surface area contributed by atoms with E-state index in [0.29, 0.717) is 18.4 Å². The molecule has 1 N–H and O–H groups in total. The van der Waals surface area contributed by atoms with Gasteiger partial charge in [0, 0.05) is 13.6 Å². The highest BCUT2D eigenvalue weighted by Gasteiger charge is 2.19. The Labute approximate surface area is 131 Å². The van der Waals surface area contributed by atoms with Crippen LogP contribution in [0.1, 0.15) is 19.8 Å². The number of anilines is 1. The summed E-state index contributed by atoms with van der Waals surface area (Å²) in [6, 6.07) is 7.94. The minimum Gasteiger partial charge on any atom is -0.475 e. The zero-order valence-corrected chi connectivity index (χ0v) is 13.4. The molecule has 1 aromatic carbocycles. The molecule has 0 spiro atoms. The maximum atomic E-state index is 5.73. The smallest absolute Gasteiger partial charge is 0.258 e. The largest absolute Gasteiger partial charge is 0.475 e. The third-order valence-electron chi connectivity index (χ3n) is 4.15. The molecular formula is C17H24N4O. The van der Waals surface area contributed by atoms with Crippen molar-refractivity contribution in [1.29, 1.82) is 0 Å². The Morgan fingerprint density at radius 2 is 1.86 bits per heavy atom. The molecule has 3 rings (SSSR count). The standard InChI is InChI=1S/C17H24N4O/c1-3-22-17-16(19-14-6-4-5-7-15(14)20-17)21(2)12-13-8-10-18-11-9-13/h4-7,13,18H,3,8-12H2,1-2H3. The lowest BCUT2D eigenvalue weighted by Gasteiger charge is -2.28. The predicted octanol–water partition coefficient (Wildman–Crippen LogP) is 2.46. The number of para-hydroxylation sites is 2. The van der Waals surface area contributed by atoms with Crippen LogP contribution in [0.25, 0.3) is 11.0 Å². The van der Waals surface area contributed by atoms with Gasteiger partial charge < -0.3 is 15.0 Å². The normalized spacial score (nSPS) is 15.9. The van der Waals surface area contributed by atoms with Crippen molar-refractivity contribution in [1.82, 2.24) is 15.3 Å². The number of ether oxygens (including phenoxy) is 1. The topological polar surface area (TPSA) is 50.3 Å². The molecule has 1 aromatic heterocycles. The monoisotopic (exact) mass is 300 g/mol. The van der Waals surface area contributed by atoms with Gasteiger partial charge in [0.15, 0.2) is 5.82 Å². The summed E-state index contributed by atoms with van der Waals surface area (Å²) < 4.78 is 5.73. The molecule has 1 aliphatic rings. The molecule has 0 bridgehead atoms. The Balaban J connectivity index is 1.87. The van der Waals surface area contributed by atoms with Crippen molar-refractivity contribution in [2.24, 2.45) is 5.92 Å². The van der Waals surface area contributed by atoms with Crippen molar-refractivity contribution < 1.29 is 4.74 Å². The van der Waals surface area contributed by atoms with Crippen molar-refractivity contribution in [2.75, 3.05) is 38.2 Å². The molecule has 2 aromatic rings. The van der Waals surface area contributed by atoms with E-state index in [-0.39, 0.29) is 0 Å². The lowest BCUT2D eigenvalue weighted by atomic mass is 9.98. The van der Waals surface area contributed by atoms with Gasteiger partial charge in [0.05, 0.1) is 17.6 Å². The van der Waals surface area contributed by atoms with Crippen LogP contribution in [0, 0.1) is 5.92 Å². The predicted molar refractivity (Wildman–Crippen MR) is 89.6 cm³/mol. The van der Waals surface area contributed by atoms with Crippen LogP contribution in [0.4, 0.5) is 5.82 Å². The third kappa shape index (κ3) is 3.30. The second-order valence-corrected chi connectivity index (χ2v) is 5.85. The van der Waals surface area contributed by atoms with Gasteiger partial charge in [-0.25, -0.2) is 9.97 Å². The molecule has 22 heavy (non-hydrogen) atoms. The summed E-state index contributed by atoms with van der Waals surface area (Å²) in [6.45, 7) is 5.80. The summed E-state index contributed by atoms with van der Waals surface area (Å²) >= 11 is 0. The molecular weight excluding hydrogens is 276 g/mol. The van der Waals surface area contributed by atoms with E-state index in [1.54, 1.807) is 0 Å². The average Bonchev–Trinajstić information content (AvgIpc) is 2.55. The number of hydrogen-bond acceptors (Lipinski definition) is 5. The summed E-state index contributed by atoms with van der Waals surface area (Å²) in [5.74, 6) is 2.19. The quantitative estimate of drug-likeness (QED) is 0.919. The maximum Gasteiger partial charge on any atom is 0.258 e. The molecule has 0 unspecified atom stereocenters. The molecule has 118 valence electrons. The number of fused-ring (bicyclic) bond motifs is 1. The fourth-order valence-corrected chi connectivity index (χ4v) is 2.99. The Kier molecular flexibility index (Phi) is 4.73. The van der Waals surface area contributed by atoms with Gasteiger partial charge in [0.25, 0.3) is 5.88 Å². The Hall–Kier alpha value is -1.88. The first-order chi connectivity index (χ1) is 10.8. The Bertz CT molecular complexity index is 625. The Morgan fingerprint density at radius 3 is 2.55 bits per heavy atom. The summed E-state index contributed by atoms with van der Waals surface area (Å²) in [4.78, 5) is 11.6. The molecule has 0 radical (unpaired) electrons. The lowest BCUT2D eigenvalue weighted by Crippen LogP contribution is -2.35. The zero-order chi connectivity index (χ0) is 15.4. The van der Waals surface area contributed by atoms with E-state index < -0.39 is 0 Å². The molecule has 0 saturated carbocycles. The van der Waals surface area contributed by atoms with Crippen LogP contribution in [-0.4, -0.2) is 43.3 Å². The summed E-state index contributed by atoms with van der Waals surface area (Å²) in [5, 5.41) is 3.41. The molecule has 1 fully saturated rings. The van der Waals surface area contributed by atoms with Gasteiger partial charge in [-0.1, -0.05) is 12.1 Å². The second kappa shape index (κ2) is 6.92. The van der Waals surface area contributed by atoms with Crippen LogP contribution >= 0.6 is 0 Å². The van der Waals surface area contributed by atoms with Crippen LogP contribution in [-0.2, 0) is 0 Å². The lowest BCUT2D eigenvalue weighted by molar-refractivity contribution is 0.325. The molecule has 1 aliphatic heterocycles. The van der Waals surface area contributed by atoms with Crippen molar-refractivity contribution in [2.45, 2.75) is 19.8 Å².